The highest BCUT2D eigenvalue weighted by Gasteiger charge is 2.33. The Morgan fingerprint density at radius 2 is 1.97 bits per heavy atom. The number of benzene rings is 2. The quantitative estimate of drug-likeness (QED) is 0.635. The molecule has 1 aliphatic heterocycles. The first-order valence-electron chi connectivity index (χ1n) is 9.43. The summed E-state index contributed by atoms with van der Waals surface area (Å²) in [5, 5.41) is 8.06. The average molecular weight is 414 g/mol. The summed E-state index contributed by atoms with van der Waals surface area (Å²) in [7, 11) is -3.70. The molecule has 29 heavy (non-hydrogen) atoms. The van der Waals surface area contributed by atoms with E-state index in [4.69, 9.17) is 9.56 Å². The first-order chi connectivity index (χ1) is 13.9. The summed E-state index contributed by atoms with van der Waals surface area (Å²) >= 11 is 0. The molecule has 4 rings (SSSR count). The van der Waals surface area contributed by atoms with Gasteiger partial charge in [0.25, 0.3) is 6.01 Å². The van der Waals surface area contributed by atoms with Gasteiger partial charge >= 0.3 is 0 Å². The molecule has 0 aliphatic carbocycles. The molecule has 152 valence electrons. The van der Waals surface area contributed by atoms with E-state index in [9.17, 15) is 13.2 Å². The van der Waals surface area contributed by atoms with Crippen LogP contribution < -0.4 is 15.4 Å². The van der Waals surface area contributed by atoms with Gasteiger partial charge in [-0.25, -0.2) is 13.6 Å². The molecule has 0 saturated carbocycles. The molecule has 3 aromatic rings. The number of hydrogen-bond acceptors (Lipinski definition) is 6. The zero-order valence-corrected chi connectivity index (χ0v) is 16.6. The van der Waals surface area contributed by atoms with Crippen LogP contribution in [0.1, 0.15) is 18.4 Å². The minimum Gasteiger partial charge on any atom is -0.423 e. The van der Waals surface area contributed by atoms with E-state index in [2.05, 4.69) is 10.3 Å². The van der Waals surface area contributed by atoms with Crippen LogP contribution in [0.25, 0.3) is 11.1 Å². The lowest BCUT2D eigenvalue weighted by Gasteiger charge is -2.22. The number of amides is 1. The number of carbonyl (C=O) groups excluding carboxylic acids is 1. The second kappa shape index (κ2) is 7.84. The van der Waals surface area contributed by atoms with E-state index in [1.54, 1.807) is 12.1 Å². The van der Waals surface area contributed by atoms with Crippen molar-refractivity contribution in [3.8, 4) is 0 Å². The standard InChI is InChI=1S/C20H22N4O4S/c21-29(26,27)15-9-7-14(8-10-15)11-12-22-19(25)17-5-3-13-24(17)20-23-16-4-1-2-6-18(16)28-20/h1-2,4,6-10,17H,3,5,11-13H2,(H,22,25)(H2,21,26,27). The van der Waals surface area contributed by atoms with Gasteiger partial charge in [0.1, 0.15) is 11.6 Å². The molecule has 3 N–H and O–H groups in total. The Morgan fingerprint density at radius 3 is 2.69 bits per heavy atom. The van der Waals surface area contributed by atoms with Crippen LogP contribution in [0.4, 0.5) is 6.01 Å². The van der Waals surface area contributed by atoms with Crippen molar-refractivity contribution in [2.24, 2.45) is 5.14 Å². The lowest BCUT2D eigenvalue weighted by Crippen LogP contribution is -2.44. The third-order valence-electron chi connectivity index (χ3n) is 5.05. The van der Waals surface area contributed by atoms with E-state index in [1.165, 1.54) is 12.1 Å². The number of hydrogen-bond donors (Lipinski definition) is 2. The van der Waals surface area contributed by atoms with Gasteiger partial charge in [0.15, 0.2) is 5.58 Å². The first-order valence-corrected chi connectivity index (χ1v) is 11.0. The predicted octanol–water partition coefficient (Wildman–Crippen LogP) is 1.80. The summed E-state index contributed by atoms with van der Waals surface area (Å²) < 4.78 is 28.4. The summed E-state index contributed by atoms with van der Waals surface area (Å²) in [5.74, 6) is -0.0640. The Bertz CT molecular complexity index is 1090. The van der Waals surface area contributed by atoms with Crippen LogP contribution in [0.3, 0.4) is 0 Å². The van der Waals surface area contributed by atoms with Gasteiger partial charge in [-0.2, -0.15) is 4.98 Å². The fourth-order valence-corrected chi connectivity index (χ4v) is 4.06. The Hall–Kier alpha value is -2.91. The van der Waals surface area contributed by atoms with Gasteiger partial charge < -0.3 is 14.6 Å². The van der Waals surface area contributed by atoms with E-state index < -0.39 is 10.0 Å². The summed E-state index contributed by atoms with van der Waals surface area (Å²) in [6, 6.07) is 14.0. The maximum atomic E-state index is 12.7. The lowest BCUT2D eigenvalue weighted by molar-refractivity contribution is -0.122. The molecular formula is C20H22N4O4S. The van der Waals surface area contributed by atoms with Crippen LogP contribution in [0, 0.1) is 0 Å². The Labute approximate surface area is 168 Å². The van der Waals surface area contributed by atoms with Gasteiger partial charge in [0.2, 0.25) is 15.9 Å². The summed E-state index contributed by atoms with van der Waals surface area (Å²) in [6.45, 7) is 1.17. The summed E-state index contributed by atoms with van der Waals surface area (Å²) in [5.41, 5.74) is 2.40. The van der Waals surface area contributed by atoms with E-state index in [0.717, 1.165) is 30.5 Å². The number of nitrogens with zero attached hydrogens (tertiary/aromatic N) is 2. The number of carbonyl (C=O) groups is 1. The molecule has 1 amide bonds. The minimum absolute atomic E-state index is 0.0640. The number of nitrogens with one attached hydrogen (secondary N) is 1. The molecule has 0 spiro atoms. The Balaban J connectivity index is 1.36. The molecule has 1 aliphatic rings. The highest BCUT2D eigenvalue weighted by molar-refractivity contribution is 7.89. The molecule has 0 radical (unpaired) electrons. The molecule has 8 nitrogen and oxygen atoms in total. The van der Waals surface area contributed by atoms with E-state index in [0.29, 0.717) is 24.6 Å². The molecule has 1 fully saturated rings. The van der Waals surface area contributed by atoms with Gasteiger partial charge in [-0.05, 0) is 49.1 Å². The van der Waals surface area contributed by atoms with E-state index in [1.807, 2.05) is 29.2 Å². The Morgan fingerprint density at radius 1 is 1.21 bits per heavy atom. The molecule has 2 aromatic carbocycles. The number of nitrogens with two attached hydrogens (primary N) is 1. The van der Waals surface area contributed by atoms with Gasteiger partial charge in [-0.3, -0.25) is 4.79 Å². The predicted molar refractivity (Wildman–Crippen MR) is 109 cm³/mol. The third-order valence-corrected chi connectivity index (χ3v) is 5.98. The number of anilines is 1. The molecule has 1 atom stereocenters. The Kier molecular flexibility index (Phi) is 5.25. The van der Waals surface area contributed by atoms with Crippen LogP contribution in [0.5, 0.6) is 0 Å². The fraction of sp³-hybridized carbons (Fsp3) is 0.300. The molecule has 1 aromatic heterocycles. The van der Waals surface area contributed by atoms with Crippen LogP contribution in [-0.2, 0) is 21.2 Å². The smallest absolute Gasteiger partial charge is 0.299 e. The van der Waals surface area contributed by atoms with Gasteiger partial charge in [0, 0.05) is 13.1 Å². The largest absolute Gasteiger partial charge is 0.423 e. The third kappa shape index (κ3) is 4.25. The maximum Gasteiger partial charge on any atom is 0.299 e. The van der Waals surface area contributed by atoms with Crippen molar-refractivity contribution >= 4 is 33.0 Å². The first kappa shape index (κ1) is 19.4. The van der Waals surface area contributed by atoms with E-state index >= 15 is 0 Å². The van der Waals surface area contributed by atoms with Crippen molar-refractivity contribution in [2.45, 2.75) is 30.2 Å². The van der Waals surface area contributed by atoms with Gasteiger partial charge in [0.05, 0.1) is 4.90 Å². The number of sulfonamides is 1. The van der Waals surface area contributed by atoms with Crippen LogP contribution >= 0.6 is 0 Å². The van der Waals surface area contributed by atoms with Crippen LogP contribution in [-0.4, -0.2) is 38.4 Å². The normalized spacial score (nSPS) is 17.0. The van der Waals surface area contributed by atoms with Crippen molar-refractivity contribution in [2.75, 3.05) is 18.0 Å². The SMILES string of the molecule is NS(=O)(=O)c1ccc(CCNC(=O)C2CCCN2c2nc3ccccc3o2)cc1. The molecule has 9 heteroatoms. The molecule has 1 unspecified atom stereocenters. The molecule has 2 heterocycles. The number of para-hydroxylation sites is 2. The second-order valence-electron chi connectivity index (χ2n) is 7.05. The molecule has 1 saturated heterocycles. The highest BCUT2D eigenvalue weighted by Crippen LogP contribution is 2.28. The van der Waals surface area contributed by atoms with Gasteiger partial charge in [-0.1, -0.05) is 24.3 Å². The average Bonchev–Trinajstić information content (AvgIpc) is 3.34. The highest BCUT2D eigenvalue weighted by atomic mass is 32.2. The summed E-state index contributed by atoms with van der Waals surface area (Å²) in [4.78, 5) is 19.2. The zero-order chi connectivity index (χ0) is 20.4. The van der Waals surface area contributed by atoms with E-state index in [-0.39, 0.29) is 16.8 Å². The molecule has 0 bridgehead atoms. The number of aromatic nitrogens is 1. The number of fused-ring (bicyclic) bond motifs is 1. The monoisotopic (exact) mass is 414 g/mol. The van der Waals surface area contributed by atoms with Crippen molar-refractivity contribution in [1.82, 2.24) is 10.3 Å². The number of primary sulfonamides is 1. The maximum absolute atomic E-state index is 12.7. The number of oxazole rings is 1. The van der Waals surface area contributed by atoms with Crippen molar-refractivity contribution < 1.29 is 17.6 Å². The van der Waals surface area contributed by atoms with Crippen LogP contribution in [0.2, 0.25) is 0 Å². The van der Waals surface area contributed by atoms with Crippen LogP contribution in [0.15, 0.2) is 57.8 Å². The van der Waals surface area contributed by atoms with Crippen molar-refractivity contribution in [3.63, 3.8) is 0 Å². The molecular weight excluding hydrogens is 392 g/mol. The fourth-order valence-electron chi connectivity index (χ4n) is 3.54. The summed E-state index contributed by atoms with van der Waals surface area (Å²) in [6.07, 6.45) is 2.23. The topological polar surface area (TPSA) is 119 Å². The number of rotatable bonds is 6. The van der Waals surface area contributed by atoms with Crippen molar-refractivity contribution in [1.29, 1.82) is 0 Å². The zero-order valence-electron chi connectivity index (χ0n) is 15.7. The lowest BCUT2D eigenvalue weighted by atomic mass is 10.1. The van der Waals surface area contributed by atoms with Crippen molar-refractivity contribution in [3.05, 3.63) is 54.1 Å². The van der Waals surface area contributed by atoms with Gasteiger partial charge in [-0.15, -0.1) is 0 Å². The second-order valence-corrected chi connectivity index (χ2v) is 8.61. The minimum atomic E-state index is -3.70.